The predicted octanol–water partition coefficient (Wildman–Crippen LogP) is -0.0985. The Labute approximate surface area is 58.1 Å². The van der Waals surface area contributed by atoms with Crippen molar-refractivity contribution in [2.24, 2.45) is 5.73 Å². The molecule has 0 bridgehead atoms. The van der Waals surface area contributed by atoms with Gasteiger partial charge in [-0.2, -0.15) is 0 Å². The molecule has 0 saturated carbocycles. The number of primary amides is 1. The maximum absolute atomic E-state index is 10.8. The molecule has 0 fully saturated rings. The first-order chi connectivity index (χ1) is 4.70. The van der Waals surface area contributed by atoms with E-state index < -0.39 is 6.03 Å². The van der Waals surface area contributed by atoms with Crippen molar-refractivity contribution in [1.82, 2.24) is 5.32 Å². The highest BCUT2D eigenvalue weighted by Crippen LogP contribution is 2.09. The average molecular weight is 140 g/mol. The van der Waals surface area contributed by atoms with Crippen LogP contribution in [0.15, 0.2) is 11.8 Å². The van der Waals surface area contributed by atoms with Crippen molar-refractivity contribution in [3.63, 3.8) is 0 Å². The molecule has 1 rings (SSSR count). The molecule has 0 aromatic carbocycles. The summed E-state index contributed by atoms with van der Waals surface area (Å²) >= 11 is 0. The van der Waals surface area contributed by atoms with Crippen LogP contribution in [0.3, 0.4) is 0 Å². The van der Waals surface area contributed by atoms with Gasteiger partial charge in [0.2, 0.25) is 0 Å². The van der Waals surface area contributed by atoms with Gasteiger partial charge in [-0.1, -0.05) is 6.08 Å². The lowest BCUT2D eigenvalue weighted by atomic mass is 10.3. The van der Waals surface area contributed by atoms with E-state index >= 15 is 0 Å². The number of carbonyl (C=O) groups is 2. The third-order valence-electron chi connectivity index (χ3n) is 1.28. The number of hydrogen-bond acceptors (Lipinski definition) is 2. The van der Waals surface area contributed by atoms with Crippen LogP contribution in [-0.2, 0) is 4.79 Å². The Morgan fingerprint density at radius 1 is 1.70 bits per heavy atom. The molecule has 0 aromatic rings. The second-order valence-electron chi connectivity index (χ2n) is 2.07. The zero-order valence-corrected chi connectivity index (χ0v) is 5.39. The zero-order chi connectivity index (χ0) is 7.56. The van der Waals surface area contributed by atoms with E-state index in [1.165, 1.54) is 0 Å². The Morgan fingerprint density at radius 2 is 2.40 bits per heavy atom. The molecule has 0 unspecified atom stereocenters. The molecule has 4 heteroatoms. The van der Waals surface area contributed by atoms with E-state index in [2.05, 4.69) is 5.32 Å². The summed E-state index contributed by atoms with van der Waals surface area (Å²) in [7, 11) is 0. The number of amides is 2. The highest BCUT2D eigenvalue weighted by molar-refractivity contribution is 6.00. The standard InChI is InChI=1S/C6H8N2O2/c7-6(10)8-4-2-1-3-5(4)9/h2H,1,3H2,(H3,7,8,10). The molecule has 0 aromatic heterocycles. The van der Waals surface area contributed by atoms with E-state index in [9.17, 15) is 9.59 Å². The summed E-state index contributed by atoms with van der Waals surface area (Å²) in [5.74, 6) is -0.0428. The summed E-state index contributed by atoms with van der Waals surface area (Å²) < 4.78 is 0. The number of nitrogens with one attached hydrogen (secondary N) is 1. The monoisotopic (exact) mass is 140 g/mol. The molecule has 0 heterocycles. The highest BCUT2D eigenvalue weighted by atomic mass is 16.2. The van der Waals surface area contributed by atoms with Crippen LogP contribution in [0, 0.1) is 0 Å². The number of hydrogen-bond donors (Lipinski definition) is 2. The molecule has 0 saturated heterocycles. The van der Waals surface area contributed by atoms with Crippen LogP contribution >= 0.6 is 0 Å². The van der Waals surface area contributed by atoms with E-state index in [0.29, 0.717) is 18.5 Å². The molecule has 0 spiro atoms. The van der Waals surface area contributed by atoms with Crippen molar-refractivity contribution in [2.45, 2.75) is 12.8 Å². The van der Waals surface area contributed by atoms with Gasteiger partial charge in [-0.3, -0.25) is 4.79 Å². The molecule has 4 nitrogen and oxygen atoms in total. The fourth-order valence-corrected chi connectivity index (χ4v) is 0.850. The third kappa shape index (κ3) is 1.34. The van der Waals surface area contributed by atoms with Crippen LogP contribution in [0.4, 0.5) is 4.79 Å². The fraction of sp³-hybridized carbons (Fsp3) is 0.333. The molecule has 0 atom stereocenters. The van der Waals surface area contributed by atoms with Crippen LogP contribution in [-0.4, -0.2) is 11.8 Å². The summed E-state index contributed by atoms with van der Waals surface area (Å²) in [4.78, 5) is 21.0. The number of carbonyl (C=O) groups excluding carboxylic acids is 2. The minimum atomic E-state index is -0.679. The molecule has 0 radical (unpaired) electrons. The fourth-order valence-electron chi connectivity index (χ4n) is 0.850. The maximum Gasteiger partial charge on any atom is 0.316 e. The van der Waals surface area contributed by atoms with Gasteiger partial charge in [0.1, 0.15) is 0 Å². The van der Waals surface area contributed by atoms with Crippen LogP contribution < -0.4 is 11.1 Å². The van der Waals surface area contributed by atoms with Gasteiger partial charge < -0.3 is 11.1 Å². The summed E-state index contributed by atoms with van der Waals surface area (Å²) in [6, 6.07) is -0.679. The van der Waals surface area contributed by atoms with Gasteiger partial charge >= 0.3 is 6.03 Å². The van der Waals surface area contributed by atoms with Crippen molar-refractivity contribution in [3.05, 3.63) is 11.8 Å². The van der Waals surface area contributed by atoms with E-state index in [-0.39, 0.29) is 5.78 Å². The van der Waals surface area contributed by atoms with Gasteiger partial charge in [-0.05, 0) is 6.42 Å². The number of ketones is 1. The SMILES string of the molecule is NC(=O)NC1=CCCC1=O. The summed E-state index contributed by atoms with van der Waals surface area (Å²) in [5.41, 5.74) is 5.13. The number of Topliss-reactive ketones (excluding diaryl/α,β-unsaturated/α-hetero) is 1. The van der Waals surface area contributed by atoms with Gasteiger partial charge in [0.15, 0.2) is 5.78 Å². The van der Waals surface area contributed by atoms with Gasteiger partial charge in [0, 0.05) is 6.42 Å². The lowest BCUT2D eigenvalue weighted by Gasteiger charge is -1.97. The number of nitrogens with two attached hydrogens (primary N) is 1. The number of urea groups is 1. The van der Waals surface area contributed by atoms with E-state index in [1.54, 1.807) is 6.08 Å². The van der Waals surface area contributed by atoms with Gasteiger partial charge in [0.25, 0.3) is 0 Å². The largest absolute Gasteiger partial charge is 0.351 e. The van der Waals surface area contributed by atoms with Crippen molar-refractivity contribution in [2.75, 3.05) is 0 Å². The van der Waals surface area contributed by atoms with E-state index in [1.807, 2.05) is 0 Å². The van der Waals surface area contributed by atoms with E-state index in [0.717, 1.165) is 0 Å². The average Bonchev–Trinajstić information content (AvgIpc) is 2.15. The van der Waals surface area contributed by atoms with Crippen LogP contribution in [0.5, 0.6) is 0 Å². The predicted molar refractivity (Wildman–Crippen MR) is 35.0 cm³/mol. The minimum Gasteiger partial charge on any atom is -0.351 e. The van der Waals surface area contributed by atoms with Crippen LogP contribution in [0.2, 0.25) is 0 Å². The van der Waals surface area contributed by atoms with Gasteiger partial charge in [-0.25, -0.2) is 4.79 Å². The van der Waals surface area contributed by atoms with E-state index in [4.69, 9.17) is 5.73 Å². The molecule has 0 aliphatic heterocycles. The minimum absolute atomic E-state index is 0.0428. The van der Waals surface area contributed by atoms with Crippen LogP contribution in [0.25, 0.3) is 0 Å². The van der Waals surface area contributed by atoms with Gasteiger partial charge in [0.05, 0.1) is 5.70 Å². The summed E-state index contributed by atoms with van der Waals surface area (Å²) in [6.07, 6.45) is 2.86. The molecule has 1 aliphatic rings. The Balaban J connectivity index is 2.56. The Morgan fingerprint density at radius 3 is 2.80 bits per heavy atom. The smallest absolute Gasteiger partial charge is 0.316 e. The van der Waals surface area contributed by atoms with Gasteiger partial charge in [-0.15, -0.1) is 0 Å². The normalized spacial score (nSPS) is 16.8. The van der Waals surface area contributed by atoms with Crippen molar-refractivity contribution in [1.29, 1.82) is 0 Å². The molecular weight excluding hydrogens is 132 g/mol. The van der Waals surface area contributed by atoms with Crippen molar-refractivity contribution in [3.8, 4) is 0 Å². The Kier molecular flexibility index (Phi) is 1.71. The molecule has 2 amide bonds. The highest BCUT2D eigenvalue weighted by Gasteiger charge is 2.15. The molecule has 3 N–H and O–H groups in total. The number of allylic oxidation sites excluding steroid dienone is 2. The second-order valence-corrected chi connectivity index (χ2v) is 2.07. The van der Waals surface area contributed by atoms with Crippen molar-refractivity contribution < 1.29 is 9.59 Å². The molecule has 54 valence electrons. The first-order valence-electron chi connectivity index (χ1n) is 3.00. The van der Waals surface area contributed by atoms with Crippen molar-refractivity contribution >= 4 is 11.8 Å². The molecular formula is C6H8N2O2. The Hall–Kier alpha value is -1.32. The second kappa shape index (κ2) is 2.51. The third-order valence-corrected chi connectivity index (χ3v) is 1.28. The topological polar surface area (TPSA) is 72.2 Å². The summed E-state index contributed by atoms with van der Waals surface area (Å²) in [5, 5.41) is 2.24. The quantitative estimate of drug-likeness (QED) is 0.534. The first kappa shape index (κ1) is 6.80. The molecule has 1 aliphatic carbocycles. The summed E-state index contributed by atoms with van der Waals surface area (Å²) in [6.45, 7) is 0. The first-order valence-corrected chi connectivity index (χ1v) is 3.00. The maximum atomic E-state index is 10.8. The lowest BCUT2D eigenvalue weighted by Crippen LogP contribution is -2.30. The molecule has 10 heavy (non-hydrogen) atoms. The van der Waals surface area contributed by atoms with Crippen LogP contribution in [0.1, 0.15) is 12.8 Å². The zero-order valence-electron chi connectivity index (χ0n) is 5.39. The number of rotatable bonds is 1. The Bertz CT molecular complexity index is 208. The lowest BCUT2D eigenvalue weighted by molar-refractivity contribution is -0.115.